The van der Waals surface area contributed by atoms with Crippen molar-refractivity contribution in [2.75, 3.05) is 7.11 Å². The molecule has 4 nitrogen and oxygen atoms in total. The summed E-state index contributed by atoms with van der Waals surface area (Å²) in [6, 6.07) is 14.2. The molecule has 1 N–H and O–H groups in total. The molecule has 0 atom stereocenters. The van der Waals surface area contributed by atoms with Crippen LogP contribution < -0.4 is 9.46 Å². The Hall–Kier alpha value is -1.85. The summed E-state index contributed by atoms with van der Waals surface area (Å²) in [5, 5.41) is 0. The molecule has 0 saturated heterocycles. The van der Waals surface area contributed by atoms with Gasteiger partial charge in [-0.25, -0.2) is 13.1 Å². The zero-order chi connectivity index (χ0) is 16.2. The van der Waals surface area contributed by atoms with E-state index in [-0.39, 0.29) is 11.4 Å². The van der Waals surface area contributed by atoms with Crippen LogP contribution >= 0.6 is 0 Å². The molecule has 0 bridgehead atoms. The molecule has 0 amide bonds. The summed E-state index contributed by atoms with van der Waals surface area (Å²) in [5.41, 5.74) is 2.15. The van der Waals surface area contributed by atoms with Crippen LogP contribution in [0.15, 0.2) is 53.4 Å². The fourth-order valence-electron chi connectivity index (χ4n) is 2.27. The van der Waals surface area contributed by atoms with E-state index in [1.54, 1.807) is 19.2 Å². The van der Waals surface area contributed by atoms with Crippen molar-refractivity contribution in [1.82, 2.24) is 4.72 Å². The monoisotopic (exact) mass is 319 g/mol. The quantitative estimate of drug-likeness (QED) is 0.889. The highest BCUT2D eigenvalue weighted by atomic mass is 32.2. The normalized spacial score (nSPS) is 11.6. The summed E-state index contributed by atoms with van der Waals surface area (Å²) in [7, 11) is -1.99. The van der Waals surface area contributed by atoms with E-state index in [2.05, 4.69) is 18.6 Å². The molecule has 0 radical (unpaired) electrons. The predicted molar refractivity (Wildman–Crippen MR) is 87.6 cm³/mol. The Labute approximate surface area is 132 Å². The van der Waals surface area contributed by atoms with Crippen molar-refractivity contribution in [1.29, 1.82) is 0 Å². The van der Waals surface area contributed by atoms with E-state index in [1.807, 2.05) is 24.3 Å². The van der Waals surface area contributed by atoms with E-state index in [4.69, 9.17) is 4.74 Å². The molecule has 0 aromatic heterocycles. The second-order valence-electron chi connectivity index (χ2n) is 5.35. The topological polar surface area (TPSA) is 55.4 Å². The molecule has 2 aromatic rings. The smallest absolute Gasteiger partial charge is 0.240 e. The number of hydrogen-bond acceptors (Lipinski definition) is 3. The number of benzene rings is 2. The highest BCUT2D eigenvalue weighted by Gasteiger charge is 2.15. The minimum Gasteiger partial charge on any atom is -0.497 e. The number of methoxy groups -OCH3 is 1. The molecule has 0 aliphatic rings. The Morgan fingerprint density at radius 3 is 2.27 bits per heavy atom. The van der Waals surface area contributed by atoms with E-state index in [0.717, 1.165) is 11.1 Å². The molecule has 0 aliphatic carbocycles. The van der Waals surface area contributed by atoms with Gasteiger partial charge in [-0.15, -0.1) is 0 Å². The van der Waals surface area contributed by atoms with Gasteiger partial charge >= 0.3 is 0 Å². The summed E-state index contributed by atoms with van der Waals surface area (Å²) in [6.45, 7) is 4.47. The van der Waals surface area contributed by atoms with Crippen LogP contribution in [0, 0.1) is 0 Å². The van der Waals surface area contributed by atoms with Gasteiger partial charge in [0.2, 0.25) is 10.0 Å². The molecular formula is C17H21NO3S. The van der Waals surface area contributed by atoms with Gasteiger partial charge in [0.25, 0.3) is 0 Å². The molecule has 2 aromatic carbocycles. The van der Waals surface area contributed by atoms with Crippen molar-refractivity contribution in [3.8, 4) is 5.75 Å². The van der Waals surface area contributed by atoms with Crippen LogP contribution in [0.4, 0.5) is 0 Å². The van der Waals surface area contributed by atoms with Crippen LogP contribution in [0.5, 0.6) is 5.75 Å². The molecule has 0 aliphatic heterocycles. The number of ether oxygens (including phenoxy) is 1. The maximum atomic E-state index is 12.3. The van der Waals surface area contributed by atoms with Crippen molar-refractivity contribution < 1.29 is 13.2 Å². The van der Waals surface area contributed by atoms with Crippen LogP contribution in [0.3, 0.4) is 0 Å². The van der Waals surface area contributed by atoms with Gasteiger partial charge in [0.1, 0.15) is 5.75 Å². The van der Waals surface area contributed by atoms with Gasteiger partial charge in [-0.2, -0.15) is 0 Å². The first-order valence-electron chi connectivity index (χ1n) is 7.15. The average molecular weight is 319 g/mol. The lowest BCUT2D eigenvalue weighted by molar-refractivity contribution is 0.414. The van der Waals surface area contributed by atoms with Crippen LogP contribution in [0.1, 0.15) is 30.9 Å². The van der Waals surface area contributed by atoms with Crippen LogP contribution in [0.2, 0.25) is 0 Å². The summed E-state index contributed by atoms with van der Waals surface area (Å²) < 4.78 is 32.4. The predicted octanol–water partition coefficient (Wildman–Crippen LogP) is 3.30. The summed E-state index contributed by atoms with van der Waals surface area (Å²) in [4.78, 5) is 0.232. The second-order valence-corrected chi connectivity index (χ2v) is 7.12. The van der Waals surface area contributed by atoms with Gasteiger partial charge in [-0.05, 0) is 41.3 Å². The van der Waals surface area contributed by atoms with E-state index in [1.165, 1.54) is 12.1 Å². The molecule has 2 rings (SSSR count). The Bertz CT molecular complexity index is 722. The van der Waals surface area contributed by atoms with Crippen molar-refractivity contribution in [3.05, 3.63) is 59.7 Å². The maximum Gasteiger partial charge on any atom is 0.240 e. The van der Waals surface area contributed by atoms with Gasteiger partial charge in [0.15, 0.2) is 0 Å². The van der Waals surface area contributed by atoms with Gasteiger partial charge in [0, 0.05) is 6.54 Å². The SMILES string of the molecule is COc1ccc(S(=O)(=O)NCc2ccccc2C(C)C)cc1. The molecule has 0 heterocycles. The minimum absolute atomic E-state index is 0.232. The molecule has 0 saturated carbocycles. The summed E-state index contributed by atoms with van der Waals surface area (Å²) in [6.07, 6.45) is 0. The average Bonchev–Trinajstić information content (AvgIpc) is 2.53. The largest absolute Gasteiger partial charge is 0.497 e. The lowest BCUT2D eigenvalue weighted by Gasteiger charge is -2.13. The lowest BCUT2D eigenvalue weighted by Crippen LogP contribution is -2.23. The van der Waals surface area contributed by atoms with Crippen molar-refractivity contribution in [2.24, 2.45) is 0 Å². The first-order valence-corrected chi connectivity index (χ1v) is 8.64. The van der Waals surface area contributed by atoms with E-state index in [0.29, 0.717) is 11.7 Å². The van der Waals surface area contributed by atoms with Gasteiger partial charge in [-0.1, -0.05) is 38.1 Å². The van der Waals surface area contributed by atoms with E-state index >= 15 is 0 Å². The van der Waals surface area contributed by atoms with Crippen LogP contribution in [0.25, 0.3) is 0 Å². The van der Waals surface area contributed by atoms with E-state index < -0.39 is 10.0 Å². The molecule has 22 heavy (non-hydrogen) atoms. The summed E-state index contributed by atoms with van der Waals surface area (Å²) in [5.74, 6) is 0.978. The molecule has 0 spiro atoms. The fourth-order valence-corrected chi connectivity index (χ4v) is 3.28. The van der Waals surface area contributed by atoms with Crippen molar-refractivity contribution >= 4 is 10.0 Å². The molecule has 118 valence electrons. The van der Waals surface area contributed by atoms with Crippen molar-refractivity contribution in [2.45, 2.75) is 31.2 Å². The van der Waals surface area contributed by atoms with Gasteiger partial charge < -0.3 is 4.74 Å². The molecule has 0 unspecified atom stereocenters. The molecule has 0 fully saturated rings. The number of sulfonamides is 1. The Morgan fingerprint density at radius 1 is 1.05 bits per heavy atom. The van der Waals surface area contributed by atoms with Crippen LogP contribution in [-0.2, 0) is 16.6 Å². The number of nitrogens with one attached hydrogen (secondary N) is 1. The first-order chi connectivity index (χ1) is 10.4. The lowest BCUT2D eigenvalue weighted by atomic mass is 9.97. The Morgan fingerprint density at radius 2 is 1.68 bits per heavy atom. The second kappa shape index (κ2) is 6.94. The standard InChI is InChI=1S/C17H21NO3S/c1-13(2)17-7-5-4-6-14(17)12-18-22(19,20)16-10-8-15(21-3)9-11-16/h4-11,13,18H,12H2,1-3H3. The molecule has 5 heteroatoms. The highest BCUT2D eigenvalue weighted by Crippen LogP contribution is 2.20. The number of hydrogen-bond donors (Lipinski definition) is 1. The third kappa shape index (κ3) is 3.87. The Kier molecular flexibility index (Phi) is 5.21. The van der Waals surface area contributed by atoms with Gasteiger partial charge in [-0.3, -0.25) is 0 Å². The summed E-state index contributed by atoms with van der Waals surface area (Å²) >= 11 is 0. The first kappa shape index (κ1) is 16.5. The van der Waals surface area contributed by atoms with Gasteiger partial charge in [0.05, 0.1) is 12.0 Å². The maximum absolute atomic E-state index is 12.3. The van der Waals surface area contributed by atoms with Crippen molar-refractivity contribution in [3.63, 3.8) is 0 Å². The molecular weight excluding hydrogens is 298 g/mol. The number of rotatable bonds is 6. The third-order valence-corrected chi connectivity index (χ3v) is 4.92. The zero-order valence-corrected chi connectivity index (χ0v) is 13.9. The van der Waals surface area contributed by atoms with E-state index in [9.17, 15) is 8.42 Å². The Balaban J connectivity index is 2.16. The van der Waals surface area contributed by atoms with Crippen LogP contribution in [-0.4, -0.2) is 15.5 Å². The third-order valence-electron chi connectivity index (χ3n) is 3.50. The minimum atomic E-state index is -3.53. The highest BCUT2D eigenvalue weighted by molar-refractivity contribution is 7.89. The fraction of sp³-hybridized carbons (Fsp3) is 0.294. The zero-order valence-electron chi connectivity index (χ0n) is 13.0.